The maximum atomic E-state index is 12.3. The number of sulfonamides is 1. The molecule has 1 heterocycles. The highest BCUT2D eigenvalue weighted by molar-refractivity contribution is 14.0. The normalized spacial score (nSPS) is 15.9. The summed E-state index contributed by atoms with van der Waals surface area (Å²) in [7, 11) is -3.53. The third-order valence-corrected chi connectivity index (χ3v) is 5.25. The Bertz CT molecular complexity index is 673. The molecule has 3 N–H and O–H groups in total. The minimum absolute atomic E-state index is 0. The molecule has 2 rings (SSSR count). The monoisotopic (exact) mass is 468 g/mol. The van der Waals surface area contributed by atoms with Crippen LogP contribution >= 0.6 is 24.0 Å². The number of hydrogen-bond acceptors (Lipinski definition) is 4. The van der Waals surface area contributed by atoms with E-state index in [1.165, 1.54) is 0 Å². The molecule has 0 unspecified atom stereocenters. The molecule has 136 valence electrons. The van der Waals surface area contributed by atoms with Gasteiger partial charge in [0.1, 0.15) is 0 Å². The van der Waals surface area contributed by atoms with Crippen LogP contribution in [0.25, 0.3) is 0 Å². The minimum Gasteiger partial charge on any atom is -0.378 e. The van der Waals surface area contributed by atoms with Crippen molar-refractivity contribution < 1.29 is 13.2 Å². The van der Waals surface area contributed by atoms with E-state index in [2.05, 4.69) is 9.71 Å². The van der Waals surface area contributed by atoms with Crippen molar-refractivity contribution in [3.8, 4) is 0 Å². The molecule has 0 saturated carbocycles. The van der Waals surface area contributed by atoms with Gasteiger partial charge >= 0.3 is 0 Å². The third-order valence-electron chi connectivity index (χ3n) is 3.65. The fourth-order valence-corrected chi connectivity index (χ4v) is 3.67. The molecule has 1 saturated heterocycles. The summed E-state index contributed by atoms with van der Waals surface area (Å²) in [5.74, 6) is 0.430. The molecular weight excluding hydrogens is 443 g/mol. The number of nitrogens with one attached hydrogen (secondary N) is 1. The quantitative estimate of drug-likeness (QED) is 0.289. The molecule has 24 heavy (non-hydrogen) atoms. The SMILES string of the molecule is Cc1ccc(C)c(S(=O)(=O)NCCN=C(N)N2CCOCC2)c1.I. The zero-order valence-corrected chi connectivity index (χ0v) is 17.1. The van der Waals surface area contributed by atoms with E-state index in [9.17, 15) is 8.42 Å². The number of benzene rings is 1. The van der Waals surface area contributed by atoms with Gasteiger partial charge in [-0.15, -0.1) is 24.0 Å². The number of nitrogens with zero attached hydrogens (tertiary/aromatic N) is 2. The van der Waals surface area contributed by atoms with Crippen molar-refractivity contribution in [2.75, 3.05) is 39.4 Å². The number of guanidine groups is 1. The van der Waals surface area contributed by atoms with Crippen molar-refractivity contribution in [2.45, 2.75) is 18.7 Å². The molecule has 7 nitrogen and oxygen atoms in total. The Morgan fingerprint density at radius 1 is 1.33 bits per heavy atom. The van der Waals surface area contributed by atoms with Crippen LogP contribution in [0.2, 0.25) is 0 Å². The van der Waals surface area contributed by atoms with Gasteiger partial charge in [-0.2, -0.15) is 0 Å². The summed E-state index contributed by atoms with van der Waals surface area (Å²) < 4.78 is 32.5. The lowest BCUT2D eigenvalue weighted by molar-refractivity contribution is 0.0674. The first kappa shape index (κ1) is 21.1. The Labute approximate surface area is 160 Å². The van der Waals surface area contributed by atoms with Crippen LogP contribution in [0.15, 0.2) is 28.1 Å². The molecular formula is C15H25IN4O3S. The van der Waals surface area contributed by atoms with Crippen LogP contribution in [-0.4, -0.2) is 58.7 Å². The third kappa shape index (κ3) is 5.87. The summed E-state index contributed by atoms with van der Waals surface area (Å²) in [6.07, 6.45) is 0. The van der Waals surface area contributed by atoms with Gasteiger partial charge in [0.05, 0.1) is 24.7 Å². The molecule has 0 spiro atoms. The van der Waals surface area contributed by atoms with Crippen LogP contribution in [0.3, 0.4) is 0 Å². The molecule has 0 radical (unpaired) electrons. The Balaban J connectivity index is 0.00000288. The molecule has 1 fully saturated rings. The Morgan fingerprint density at radius 3 is 2.67 bits per heavy atom. The highest BCUT2D eigenvalue weighted by atomic mass is 127. The van der Waals surface area contributed by atoms with E-state index in [0.717, 1.165) is 11.1 Å². The van der Waals surface area contributed by atoms with Gasteiger partial charge in [0.2, 0.25) is 10.0 Å². The molecule has 0 amide bonds. The van der Waals surface area contributed by atoms with Crippen LogP contribution in [0, 0.1) is 13.8 Å². The number of nitrogens with two attached hydrogens (primary N) is 1. The lowest BCUT2D eigenvalue weighted by Gasteiger charge is -2.27. The Morgan fingerprint density at radius 2 is 2.00 bits per heavy atom. The average molecular weight is 468 g/mol. The topological polar surface area (TPSA) is 97.0 Å². The van der Waals surface area contributed by atoms with Crippen LogP contribution in [0.4, 0.5) is 0 Å². The van der Waals surface area contributed by atoms with E-state index in [4.69, 9.17) is 10.5 Å². The smallest absolute Gasteiger partial charge is 0.240 e. The highest BCUT2D eigenvalue weighted by Gasteiger charge is 2.16. The predicted molar refractivity (Wildman–Crippen MR) is 105 cm³/mol. The standard InChI is InChI=1S/C15H24N4O3S.HI/c1-12-3-4-13(2)14(11-12)23(20,21)18-6-5-17-15(16)19-7-9-22-10-8-19;/h3-4,11,18H,5-10H2,1-2H3,(H2,16,17);1H. The van der Waals surface area contributed by atoms with Gasteiger partial charge in [0.15, 0.2) is 5.96 Å². The van der Waals surface area contributed by atoms with Crippen molar-refractivity contribution in [1.29, 1.82) is 0 Å². The van der Waals surface area contributed by atoms with Gasteiger partial charge in [0, 0.05) is 19.6 Å². The minimum atomic E-state index is -3.53. The maximum absolute atomic E-state index is 12.3. The second-order valence-corrected chi connectivity index (χ2v) is 7.24. The fourth-order valence-electron chi connectivity index (χ4n) is 2.32. The second kappa shape index (κ2) is 9.54. The van der Waals surface area contributed by atoms with Crippen LogP contribution in [0.5, 0.6) is 0 Å². The largest absolute Gasteiger partial charge is 0.378 e. The first-order valence-electron chi connectivity index (χ1n) is 7.60. The molecule has 1 aliphatic rings. The number of rotatable bonds is 5. The van der Waals surface area contributed by atoms with E-state index >= 15 is 0 Å². The van der Waals surface area contributed by atoms with Gasteiger partial charge < -0.3 is 15.4 Å². The first-order valence-corrected chi connectivity index (χ1v) is 9.08. The van der Waals surface area contributed by atoms with Crippen molar-refractivity contribution in [3.05, 3.63) is 29.3 Å². The fraction of sp³-hybridized carbons (Fsp3) is 0.533. The van der Waals surface area contributed by atoms with E-state index in [1.807, 2.05) is 17.9 Å². The van der Waals surface area contributed by atoms with Crippen molar-refractivity contribution in [2.24, 2.45) is 10.7 Å². The van der Waals surface area contributed by atoms with Gasteiger partial charge in [-0.1, -0.05) is 12.1 Å². The molecule has 9 heteroatoms. The lowest BCUT2D eigenvalue weighted by atomic mass is 10.2. The summed E-state index contributed by atoms with van der Waals surface area (Å²) in [6, 6.07) is 5.36. The van der Waals surface area contributed by atoms with E-state index in [-0.39, 0.29) is 30.5 Å². The van der Waals surface area contributed by atoms with Crippen LogP contribution in [0.1, 0.15) is 11.1 Å². The number of aliphatic imine (C=N–C) groups is 1. The molecule has 0 aromatic heterocycles. The molecule has 0 bridgehead atoms. The van der Waals surface area contributed by atoms with E-state index in [1.54, 1.807) is 19.1 Å². The zero-order chi connectivity index (χ0) is 16.9. The summed E-state index contributed by atoms with van der Waals surface area (Å²) in [6.45, 7) is 6.85. The highest BCUT2D eigenvalue weighted by Crippen LogP contribution is 2.16. The molecule has 0 atom stereocenters. The second-order valence-electron chi connectivity index (χ2n) is 5.51. The lowest BCUT2D eigenvalue weighted by Crippen LogP contribution is -2.45. The number of ether oxygens (including phenoxy) is 1. The van der Waals surface area contributed by atoms with Gasteiger partial charge in [-0.05, 0) is 31.0 Å². The average Bonchev–Trinajstić information content (AvgIpc) is 2.54. The summed E-state index contributed by atoms with van der Waals surface area (Å²) in [4.78, 5) is 6.46. The van der Waals surface area contributed by atoms with Crippen molar-refractivity contribution >= 4 is 40.0 Å². The Hall–Kier alpha value is -0.910. The summed E-state index contributed by atoms with van der Waals surface area (Å²) in [5.41, 5.74) is 7.53. The summed E-state index contributed by atoms with van der Waals surface area (Å²) in [5, 5.41) is 0. The van der Waals surface area contributed by atoms with E-state index < -0.39 is 10.0 Å². The van der Waals surface area contributed by atoms with Crippen molar-refractivity contribution in [1.82, 2.24) is 9.62 Å². The molecule has 0 aliphatic carbocycles. The number of morpholine rings is 1. The van der Waals surface area contributed by atoms with Crippen LogP contribution < -0.4 is 10.5 Å². The molecule has 1 aromatic rings. The van der Waals surface area contributed by atoms with Gasteiger partial charge in [-0.3, -0.25) is 4.99 Å². The number of hydrogen-bond donors (Lipinski definition) is 2. The van der Waals surface area contributed by atoms with Crippen molar-refractivity contribution in [3.63, 3.8) is 0 Å². The maximum Gasteiger partial charge on any atom is 0.240 e. The summed E-state index contributed by atoms with van der Waals surface area (Å²) >= 11 is 0. The molecule has 1 aromatic carbocycles. The predicted octanol–water partition coefficient (Wildman–Crippen LogP) is 0.847. The first-order chi connectivity index (χ1) is 10.9. The molecule has 1 aliphatic heterocycles. The van der Waals surface area contributed by atoms with Crippen LogP contribution in [-0.2, 0) is 14.8 Å². The van der Waals surface area contributed by atoms with E-state index in [0.29, 0.717) is 43.7 Å². The number of halogens is 1. The van der Waals surface area contributed by atoms with Gasteiger partial charge in [0.25, 0.3) is 0 Å². The van der Waals surface area contributed by atoms with Gasteiger partial charge in [-0.25, -0.2) is 13.1 Å². The Kier molecular flexibility index (Phi) is 8.40. The number of aryl methyl sites for hydroxylation is 2. The zero-order valence-electron chi connectivity index (χ0n) is 14.0.